The summed E-state index contributed by atoms with van der Waals surface area (Å²) >= 11 is 0. The number of aliphatic hydroxyl groups excluding tert-OH is 1. The summed E-state index contributed by atoms with van der Waals surface area (Å²) < 4.78 is 20.1. The maximum Gasteiger partial charge on any atom is 0.303 e. The lowest BCUT2D eigenvalue weighted by Gasteiger charge is -2.41. The van der Waals surface area contributed by atoms with E-state index >= 15 is 0 Å². The van der Waals surface area contributed by atoms with Gasteiger partial charge in [-0.3, -0.25) is 14.4 Å². The zero-order valence-electron chi connectivity index (χ0n) is 11.7. The lowest BCUT2D eigenvalue weighted by atomic mass is 9.99. The second-order valence-electron chi connectivity index (χ2n) is 4.45. The van der Waals surface area contributed by atoms with Gasteiger partial charge in [0.05, 0.1) is 6.10 Å². The van der Waals surface area contributed by atoms with Gasteiger partial charge < -0.3 is 24.1 Å². The number of carbonyl (C=O) groups is 3. The first kappa shape index (κ1) is 16.4. The van der Waals surface area contributed by atoms with Crippen molar-refractivity contribution in [2.75, 3.05) is 0 Å². The van der Waals surface area contributed by atoms with E-state index < -0.39 is 48.6 Å². The van der Waals surface area contributed by atoms with Crippen LogP contribution in [0.1, 0.15) is 27.7 Å². The van der Waals surface area contributed by atoms with Crippen LogP contribution in [0, 0.1) is 0 Å². The van der Waals surface area contributed by atoms with Crippen LogP contribution in [0.25, 0.3) is 0 Å². The standard InChI is InChI=1S/C12H18O8/c1-5-9(18-6(2)13)10(19-7(3)14)11(12(16)17-5)20-8(4)15/h5,9-12,16H,1-4H3/t5-,9?,10-,11-,12?/m0/s1. The Balaban J connectivity index is 3.01. The first-order valence-corrected chi connectivity index (χ1v) is 6.07. The molecule has 5 atom stereocenters. The van der Waals surface area contributed by atoms with Crippen LogP contribution < -0.4 is 0 Å². The van der Waals surface area contributed by atoms with Gasteiger partial charge in [0, 0.05) is 20.8 Å². The molecule has 1 heterocycles. The zero-order valence-corrected chi connectivity index (χ0v) is 11.7. The number of carbonyl (C=O) groups excluding carboxylic acids is 3. The number of aliphatic hydroxyl groups is 1. The van der Waals surface area contributed by atoms with Gasteiger partial charge in [-0.25, -0.2) is 0 Å². The molecule has 8 heteroatoms. The fourth-order valence-corrected chi connectivity index (χ4v) is 1.99. The minimum atomic E-state index is -1.48. The molecule has 1 fully saturated rings. The van der Waals surface area contributed by atoms with Crippen molar-refractivity contribution in [2.45, 2.75) is 58.4 Å². The largest absolute Gasteiger partial charge is 0.456 e. The predicted molar refractivity (Wildman–Crippen MR) is 63.2 cm³/mol. The lowest BCUT2D eigenvalue weighted by molar-refractivity contribution is -0.288. The Morgan fingerprint density at radius 3 is 1.70 bits per heavy atom. The highest BCUT2D eigenvalue weighted by atomic mass is 16.7. The van der Waals surface area contributed by atoms with Crippen molar-refractivity contribution in [1.82, 2.24) is 0 Å². The predicted octanol–water partition coefficient (Wildman–Crippen LogP) is -0.481. The Morgan fingerprint density at radius 1 is 0.850 bits per heavy atom. The van der Waals surface area contributed by atoms with Gasteiger partial charge in [0.15, 0.2) is 24.6 Å². The average Bonchev–Trinajstić information content (AvgIpc) is 2.27. The molecule has 0 amide bonds. The van der Waals surface area contributed by atoms with E-state index in [1.165, 1.54) is 13.8 Å². The minimum absolute atomic E-state index is 0.611. The van der Waals surface area contributed by atoms with Gasteiger partial charge in [-0.2, -0.15) is 0 Å². The van der Waals surface area contributed by atoms with Crippen LogP contribution in [0.5, 0.6) is 0 Å². The molecule has 0 aromatic carbocycles. The summed E-state index contributed by atoms with van der Waals surface area (Å²) in [5, 5.41) is 9.79. The van der Waals surface area contributed by atoms with E-state index in [0.717, 1.165) is 13.8 Å². The SMILES string of the molecule is CC(=O)OC1[C@H](C)OC(O)[C@@H](OC(C)=O)[C@H]1OC(C)=O. The highest BCUT2D eigenvalue weighted by molar-refractivity contribution is 5.68. The van der Waals surface area contributed by atoms with E-state index in [4.69, 9.17) is 18.9 Å². The summed E-state index contributed by atoms with van der Waals surface area (Å²) in [5.74, 6) is -1.96. The van der Waals surface area contributed by atoms with Gasteiger partial charge in [-0.1, -0.05) is 0 Å². The number of ether oxygens (including phenoxy) is 4. The fraction of sp³-hybridized carbons (Fsp3) is 0.750. The quantitative estimate of drug-likeness (QED) is 0.548. The third kappa shape index (κ3) is 4.17. The van der Waals surface area contributed by atoms with Crippen molar-refractivity contribution in [3.05, 3.63) is 0 Å². The molecule has 114 valence electrons. The Hall–Kier alpha value is -1.67. The van der Waals surface area contributed by atoms with Crippen molar-refractivity contribution >= 4 is 17.9 Å². The summed E-state index contributed by atoms with van der Waals surface area (Å²) in [5.41, 5.74) is 0. The highest BCUT2D eigenvalue weighted by Crippen LogP contribution is 2.27. The van der Waals surface area contributed by atoms with Crippen molar-refractivity contribution in [1.29, 1.82) is 0 Å². The molecule has 20 heavy (non-hydrogen) atoms. The van der Waals surface area contributed by atoms with E-state index in [9.17, 15) is 19.5 Å². The molecule has 1 rings (SSSR count). The van der Waals surface area contributed by atoms with Crippen LogP contribution in [-0.4, -0.2) is 53.7 Å². The summed E-state index contributed by atoms with van der Waals surface area (Å²) in [6, 6.07) is 0. The molecule has 1 N–H and O–H groups in total. The molecule has 0 bridgehead atoms. The number of hydrogen-bond donors (Lipinski definition) is 1. The number of esters is 3. The first-order chi connectivity index (χ1) is 9.22. The van der Waals surface area contributed by atoms with Crippen LogP contribution in [0.4, 0.5) is 0 Å². The third-order valence-electron chi connectivity index (χ3n) is 2.65. The molecule has 1 aliphatic rings. The second kappa shape index (κ2) is 6.67. The molecular weight excluding hydrogens is 272 g/mol. The van der Waals surface area contributed by atoms with Gasteiger partial charge in [0.25, 0.3) is 0 Å². The lowest BCUT2D eigenvalue weighted by Crippen LogP contribution is -2.60. The van der Waals surface area contributed by atoms with Gasteiger partial charge in [0.1, 0.15) is 0 Å². The first-order valence-electron chi connectivity index (χ1n) is 6.07. The molecule has 0 saturated carbocycles. The van der Waals surface area contributed by atoms with E-state index in [2.05, 4.69) is 0 Å². The zero-order chi connectivity index (χ0) is 15.4. The van der Waals surface area contributed by atoms with Crippen LogP contribution in [-0.2, 0) is 33.3 Å². The van der Waals surface area contributed by atoms with E-state index in [1.807, 2.05) is 0 Å². The van der Waals surface area contributed by atoms with E-state index in [-0.39, 0.29) is 0 Å². The normalized spacial score (nSPS) is 33.1. The molecule has 0 spiro atoms. The van der Waals surface area contributed by atoms with Crippen molar-refractivity contribution in [3.8, 4) is 0 Å². The molecule has 0 aromatic rings. The molecule has 0 aliphatic carbocycles. The van der Waals surface area contributed by atoms with Crippen LogP contribution in [0.2, 0.25) is 0 Å². The summed E-state index contributed by atoms with van der Waals surface area (Å²) in [6.07, 6.45) is -5.60. The topological polar surface area (TPSA) is 108 Å². The molecule has 2 unspecified atom stereocenters. The smallest absolute Gasteiger partial charge is 0.303 e. The van der Waals surface area contributed by atoms with Crippen molar-refractivity contribution in [3.63, 3.8) is 0 Å². The molecule has 8 nitrogen and oxygen atoms in total. The molecule has 0 radical (unpaired) electrons. The molecule has 0 aromatic heterocycles. The van der Waals surface area contributed by atoms with Crippen LogP contribution >= 0.6 is 0 Å². The van der Waals surface area contributed by atoms with E-state index in [0.29, 0.717) is 0 Å². The third-order valence-corrected chi connectivity index (χ3v) is 2.65. The number of hydrogen-bond acceptors (Lipinski definition) is 8. The van der Waals surface area contributed by atoms with Crippen molar-refractivity contribution < 1.29 is 38.4 Å². The number of rotatable bonds is 3. The minimum Gasteiger partial charge on any atom is -0.456 e. The Bertz CT molecular complexity index is 365. The maximum absolute atomic E-state index is 11.2. The highest BCUT2D eigenvalue weighted by Gasteiger charge is 2.49. The van der Waals surface area contributed by atoms with Gasteiger partial charge in [0.2, 0.25) is 0 Å². The summed E-state index contributed by atoms with van der Waals surface area (Å²) in [4.78, 5) is 33.3. The second-order valence-corrected chi connectivity index (χ2v) is 4.45. The van der Waals surface area contributed by atoms with Gasteiger partial charge in [-0.05, 0) is 6.92 Å². The van der Waals surface area contributed by atoms with Gasteiger partial charge in [-0.15, -0.1) is 0 Å². The van der Waals surface area contributed by atoms with Crippen LogP contribution in [0.3, 0.4) is 0 Å². The van der Waals surface area contributed by atoms with Crippen LogP contribution in [0.15, 0.2) is 0 Å². The fourth-order valence-electron chi connectivity index (χ4n) is 1.99. The maximum atomic E-state index is 11.2. The van der Waals surface area contributed by atoms with Gasteiger partial charge >= 0.3 is 17.9 Å². The molecule has 1 saturated heterocycles. The molecule has 1 aliphatic heterocycles. The Morgan fingerprint density at radius 2 is 1.25 bits per heavy atom. The summed E-state index contributed by atoms with van der Waals surface area (Å²) in [6.45, 7) is 5.01. The monoisotopic (exact) mass is 290 g/mol. The van der Waals surface area contributed by atoms with E-state index in [1.54, 1.807) is 0 Å². The van der Waals surface area contributed by atoms with Crippen molar-refractivity contribution in [2.24, 2.45) is 0 Å². The average molecular weight is 290 g/mol. The Labute approximate surface area is 115 Å². The molecular formula is C12H18O8. The summed E-state index contributed by atoms with van der Waals surface area (Å²) in [7, 11) is 0. The Kier molecular flexibility index (Phi) is 5.46.